The van der Waals surface area contributed by atoms with E-state index in [4.69, 9.17) is 44.8 Å². The average molecular weight is 352 g/mol. The fourth-order valence-electron chi connectivity index (χ4n) is 0. The van der Waals surface area contributed by atoms with Gasteiger partial charge in [-0.3, -0.25) is 0 Å². The van der Waals surface area contributed by atoms with Crippen LogP contribution in [0.5, 0.6) is 0 Å². The Morgan fingerprint density at radius 3 is 0.706 bits per heavy atom. The van der Waals surface area contributed by atoms with E-state index in [1.165, 1.54) is 12.8 Å². The SMILES string of the molecule is C.C.C.C.C.CCC.CCC.ClC[Si](Cl)(Cl)Cl. The van der Waals surface area contributed by atoms with Gasteiger partial charge < -0.3 is 0 Å². The number of hydrogen-bond donors (Lipinski definition) is 0. The summed E-state index contributed by atoms with van der Waals surface area (Å²) in [7, 11) is 0. The zero-order valence-corrected chi connectivity index (χ0v) is 12.2. The molecule has 17 heavy (non-hydrogen) atoms. The normalized spacial score (nSPS) is 6.35. The molecule has 0 aliphatic rings. The smallest absolute Gasteiger partial charge is 0.126 e. The molecule has 0 aliphatic carbocycles. The van der Waals surface area contributed by atoms with Gasteiger partial charge in [0.15, 0.2) is 0 Å². The van der Waals surface area contributed by atoms with Gasteiger partial charge >= 0.3 is 6.00 Å². The van der Waals surface area contributed by atoms with Crippen LogP contribution >= 0.6 is 44.8 Å². The van der Waals surface area contributed by atoms with Crippen molar-refractivity contribution in [3.8, 4) is 0 Å². The van der Waals surface area contributed by atoms with E-state index in [-0.39, 0.29) is 42.6 Å². The molecule has 0 rings (SSSR count). The summed E-state index contributed by atoms with van der Waals surface area (Å²) in [5.41, 5.74) is 0.178. The van der Waals surface area contributed by atoms with Crippen LogP contribution in [0.1, 0.15) is 77.7 Å². The summed E-state index contributed by atoms with van der Waals surface area (Å²) < 4.78 is 0. The first-order chi connectivity index (χ1) is 5.39. The zero-order valence-electron chi connectivity index (χ0n) is 8.13. The van der Waals surface area contributed by atoms with Gasteiger partial charge in [-0.1, -0.05) is 77.7 Å². The summed E-state index contributed by atoms with van der Waals surface area (Å²) in [4.78, 5) is 0. The van der Waals surface area contributed by atoms with E-state index in [9.17, 15) is 0 Å². The molecule has 0 saturated carbocycles. The predicted molar refractivity (Wildman–Crippen MR) is 99.6 cm³/mol. The van der Waals surface area contributed by atoms with E-state index in [1.54, 1.807) is 0 Å². The maximum atomic E-state index is 5.26. The molecule has 0 bridgehead atoms. The van der Waals surface area contributed by atoms with Gasteiger partial charge in [-0.2, -0.15) is 0 Å². The molecule has 5 heteroatoms. The second kappa shape index (κ2) is 43.3. The monoisotopic (exact) mass is 350 g/mol. The Kier molecular flexibility index (Phi) is 131. The van der Waals surface area contributed by atoms with Crippen molar-refractivity contribution in [2.75, 3.05) is 5.50 Å². The van der Waals surface area contributed by atoms with Crippen LogP contribution in [0.25, 0.3) is 0 Å². The van der Waals surface area contributed by atoms with Gasteiger partial charge in [0.25, 0.3) is 0 Å². The van der Waals surface area contributed by atoms with Crippen molar-refractivity contribution in [3.05, 3.63) is 0 Å². The van der Waals surface area contributed by atoms with E-state index in [1.807, 2.05) is 0 Å². The van der Waals surface area contributed by atoms with Crippen molar-refractivity contribution in [2.45, 2.75) is 77.7 Å². The van der Waals surface area contributed by atoms with Crippen LogP contribution in [0.15, 0.2) is 0 Å². The molecule has 0 amide bonds. The number of alkyl halides is 1. The Morgan fingerprint density at radius 1 is 0.647 bits per heavy atom. The third kappa shape index (κ3) is 214. The highest BCUT2D eigenvalue weighted by Crippen LogP contribution is 2.20. The standard InChI is InChI=1S/2C3H8.CH2Cl4Si.5CH4/c2*1-3-2;2-1-6(3,4)5;;;;;/h2*3H2,1-2H3;1H2;5*1H4. The summed E-state index contributed by atoms with van der Waals surface area (Å²) in [6.45, 7) is 8.50. The minimum Gasteiger partial charge on any atom is -0.126 e. The number of halogens is 4. The molecule has 0 aliphatic heterocycles. The Balaban J connectivity index is -0.0000000111. The molecule has 0 heterocycles. The van der Waals surface area contributed by atoms with Gasteiger partial charge in [0, 0.05) is 0 Å². The third-order valence-electron chi connectivity index (χ3n) is 0.152. The van der Waals surface area contributed by atoms with Gasteiger partial charge in [0.2, 0.25) is 0 Å². The molecule has 0 aromatic carbocycles. The lowest BCUT2D eigenvalue weighted by Crippen LogP contribution is -2.10. The van der Waals surface area contributed by atoms with E-state index >= 15 is 0 Å². The molecule has 0 aromatic rings. The van der Waals surface area contributed by atoms with E-state index < -0.39 is 6.00 Å². The summed E-state index contributed by atoms with van der Waals surface area (Å²) in [6.07, 6.45) is 2.50. The second-order valence-corrected chi connectivity index (χ2v) is 12.0. The first-order valence-corrected chi connectivity index (χ1v) is 9.79. The second-order valence-electron chi connectivity index (χ2n) is 2.16. The van der Waals surface area contributed by atoms with Gasteiger partial charge in [0.1, 0.15) is 0 Å². The lowest BCUT2D eigenvalue weighted by molar-refractivity contribution is 1.09. The van der Waals surface area contributed by atoms with Crippen molar-refractivity contribution >= 4 is 50.8 Å². The minimum atomic E-state index is -2.45. The van der Waals surface area contributed by atoms with Crippen LogP contribution in [-0.4, -0.2) is 11.5 Å². The van der Waals surface area contributed by atoms with Gasteiger partial charge in [-0.05, 0) is 0 Å². The summed E-state index contributed by atoms with van der Waals surface area (Å²) in [5.74, 6) is 0. The molecule has 0 fully saturated rings. The van der Waals surface area contributed by atoms with Crippen LogP contribution in [0.4, 0.5) is 0 Å². The van der Waals surface area contributed by atoms with Crippen LogP contribution < -0.4 is 0 Å². The summed E-state index contributed by atoms with van der Waals surface area (Å²) in [5, 5.41) is 0. The molecule has 0 spiro atoms. The van der Waals surface area contributed by atoms with Gasteiger partial charge in [-0.15, -0.1) is 44.8 Å². The molecule has 0 nitrogen and oxygen atoms in total. The molecule has 0 atom stereocenters. The zero-order chi connectivity index (χ0) is 10.6. The quantitative estimate of drug-likeness (QED) is 0.252. The molecular weight excluding hydrogens is 314 g/mol. The van der Waals surface area contributed by atoms with Crippen LogP contribution in [0.2, 0.25) is 0 Å². The topological polar surface area (TPSA) is 0 Å². The van der Waals surface area contributed by atoms with Crippen molar-refractivity contribution in [2.24, 2.45) is 0 Å². The Labute approximate surface area is 134 Å². The number of rotatable bonds is 1. The molecule has 0 aromatic heterocycles. The van der Waals surface area contributed by atoms with E-state index in [0.717, 1.165) is 0 Å². The third-order valence-corrected chi connectivity index (χ3v) is 4.09. The first kappa shape index (κ1) is 51.5. The van der Waals surface area contributed by atoms with Gasteiger partial charge in [0.05, 0.1) is 5.50 Å². The molecule has 118 valence electrons. The van der Waals surface area contributed by atoms with Crippen LogP contribution in [-0.2, 0) is 0 Å². The number of hydrogen-bond acceptors (Lipinski definition) is 0. The van der Waals surface area contributed by atoms with Crippen molar-refractivity contribution in [1.29, 1.82) is 0 Å². The summed E-state index contributed by atoms with van der Waals surface area (Å²) in [6, 6.07) is -2.45. The Hall–Kier alpha value is 1.38. The van der Waals surface area contributed by atoms with Crippen LogP contribution in [0, 0.1) is 0 Å². The maximum Gasteiger partial charge on any atom is 0.355 e. The van der Waals surface area contributed by atoms with Crippen molar-refractivity contribution in [1.82, 2.24) is 0 Å². The van der Waals surface area contributed by atoms with Crippen molar-refractivity contribution in [3.63, 3.8) is 0 Å². The van der Waals surface area contributed by atoms with Gasteiger partial charge in [-0.25, -0.2) is 0 Å². The highest BCUT2D eigenvalue weighted by Gasteiger charge is 2.22. The molecule has 0 radical (unpaired) electrons. The fraction of sp³-hybridized carbons (Fsp3) is 1.00. The predicted octanol–water partition coefficient (Wildman–Crippen LogP) is 8.43. The molecule has 0 saturated heterocycles. The van der Waals surface area contributed by atoms with E-state index in [2.05, 4.69) is 27.7 Å². The minimum absolute atomic E-state index is 0. The van der Waals surface area contributed by atoms with Crippen LogP contribution in [0.3, 0.4) is 0 Å². The Morgan fingerprint density at radius 2 is 0.706 bits per heavy atom. The first-order valence-electron chi connectivity index (χ1n) is 4.02. The highest BCUT2D eigenvalue weighted by atomic mass is 35.8. The summed E-state index contributed by atoms with van der Waals surface area (Å²) >= 11 is 20.9. The highest BCUT2D eigenvalue weighted by molar-refractivity contribution is 7.65. The maximum absolute atomic E-state index is 5.26. The lowest BCUT2D eigenvalue weighted by atomic mass is 10.6. The molecule has 0 unspecified atom stereocenters. The Bertz CT molecular complexity index is 64.0. The fourth-order valence-corrected chi connectivity index (χ4v) is 0. The molecule has 0 N–H and O–H groups in total. The largest absolute Gasteiger partial charge is 0.355 e. The molecular formula is C12H38Cl4Si. The van der Waals surface area contributed by atoms with Crippen molar-refractivity contribution < 1.29 is 0 Å². The lowest BCUT2D eigenvalue weighted by Gasteiger charge is -1.96. The van der Waals surface area contributed by atoms with E-state index in [0.29, 0.717) is 0 Å². The average Bonchev–Trinajstić information content (AvgIpc) is 1.90.